The van der Waals surface area contributed by atoms with E-state index in [9.17, 15) is 9.59 Å². The average Bonchev–Trinajstić information content (AvgIpc) is 2.79. The monoisotopic (exact) mass is 424 g/mol. The highest BCUT2D eigenvalue weighted by atomic mass is 16.5. The molecule has 0 spiro atoms. The lowest BCUT2D eigenvalue weighted by molar-refractivity contribution is 0.0394. The lowest BCUT2D eigenvalue weighted by Gasteiger charge is -2.25. The number of guanidine groups is 1. The van der Waals surface area contributed by atoms with Crippen LogP contribution in [0.2, 0.25) is 0 Å². The van der Waals surface area contributed by atoms with Gasteiger partial charge in [0, 0.05) is 30.9 Å². The molecule has 8 nitrogen and oxygen atoms in total. The minimum atomic E-state index is -0.432. The number of nitrogens with zero attached hydrogens (tertiary/aromatic N) is 2. The molecule has 1 aliphatic rings. The van der Waals surface area contributed by atoms with Crippen molar-refractivity contribution < 1.29 is 19.1 Å². The molecule has 2 N–H and O–H groups in total. The minimum absolute atomic E-state index is 0.262. The second-order valence-corrected chi connectivity index (χ2v) is 7.20. The molecule has 1 fully saturated rings. The van der Waals surface area contributed by atoms with Crippen LogP contribution in [0, 0.1) is 6.92 Å². The number of anilines is 1. The molecule has 0 aliphatic carbocycles. The molecule has 1 heterocycles. The normalized spacial score (nSPS) is 14.7. The van der Waals surface area contributed by atoms with Crippen LogP contribution in [-0.4, -0.2) is 69.2 Å². The average molecular weight is 425 g/mol. The number of nitrogens with one attached hydrogen (secondary N) is 2. The molecule has 31 heavy (non-hydrogen) atoms. The summed E-state index contributed by atoms with van der Waals surface area (Å²) in [4.78, 5) is 31.4. The first-order valence-corrected chi connectivity index (χ1v) is 10.2. The summed E-state index contributed by atoms with van der Waals surface area (Å²) in [5, 5.41) is 5.96. The third-order valence-electron chi connectivity index (χ3n) is 4.88. The third kappa shape index (κ3) is 6.91. The van der Waals surface area contributed by atoms with Crippen LogP contribution in [0.5, 0.6) is 0 Å². The molecular formula is C23H28N4O4. The number of ether oxygens (including phenoxy) is 2. The van der Waals surface area contributed by atoms with Gasteiger partial charge >= 0.3 is 5.97 Å². The Bertz CT molecular complexity index is 921. The molecule has 0 saturated carbocycles. The van der Waals surface area contributed by atoms with Crippen molar-refractivity contribution in [3.8, 4) is 0 Å². The van der Waals surface area contributed by atoms with Crippen LogP contribution >= 0.6 is 0 Å². The molecule has 0 unspecified atom stereocenters. The summed E-state index contributed by atoms with van der Waals surface area (Å²) in [5.74, 6) is -0.374. The number of morpholine rings is 1. The second kappa shape index (κ2) is 11.2. The number of aryl methyl sites for hydroxylation is 1. The Morgan fingerprint density at radius 1 is 1.10 bits per heavy atom. The minimum Gasteiger partial charge on any atom is -0.465 e. The number of aliphatic imine (C=N–C) groups is 1. The van der Waals surface area contributed by atoms with Gasteiger partial charge in [0.1, 0.15) is 0 Å². The van der Waals surface area contributed by atoms with E-state index in [2.05, 4.69) is 20.5 Å². The van der Waals surface area contributed by atoms with Crippen LogP contribution in [0.1, 0.15) is 26.3 Å². The topological polar surface area (TPSA) is 92.3 Å². The quantitative estimate of drug-likeness (QED) is 0.420. The Morgan fingerprint density at radius 3 is 2.55 bits per heavy atom. The van der Waals surface area contributed by atoms with Crippen molar-refractivity contribution >= 4 is 23.5 Å². The van der Waals surface area contributed by atoms with Gasteiger partial charge in [-0.3, -0.25) is 20.0 Å². The number of carbonyl (C=O) groups excluding carboxylic acids is 2. The maximum atomic E-state index is 12.7. The van der Waals surface area contributed by atoms with Crippen LogP contribution in [0.15, 0.2) is 53.5 Å². The molecule has 2 aromatic carbocycles. The zero-order chi connectivity index (χ0) is 22.1. The van der Waals surface area contributed by atoms with Crippen LogP contribution in [0.3, 0.4) is 0 Å². The van der Waals surface area contributed by atoms with Crippen molar-refractivity contribution in [2.45, 2.75) is 6.92 Å². The Labute approximate surface area is 182 Å². The molecule has 0 aromatic heterocycles. The van der Waals surface area contributed by atoms with Crippen molar-refractivity contribution in [1.29, 1.82) is 0 Å². The Hall–Kier alpha value is -3.23. The predicted octanol–water partition coefficient (Wildman–Crippen LogP) is 2.31. The molecule has 164 valence electrons. The number of methoxy groups -OCH3 is 1. The van der Waals surface area contributed by atoms with Gasteiger partial charge in [0.15, 0.2) is 0 Å². The first kappa shape index (κ1) is 22.5. The van der Waals surface area contributed by atoms with Crippen LogP contribution < -0.4 is 10.6 Å². The molecule has 0 atom stereocenters. The highest BCUT2D eigenvalue weighted by Crippen LogP contribution is 2.12. The van der Waals surface area contributed by atoms with E-state index in [1.165, 1.54) is 7.11 Å². The third-order valence-corrected chi connectivity index (χ3v) is 4.88. The van der Waals surface area contributed by atoms with Gasteiger partial charge in [0.2, 0.25) is 5.96 Å². The van der Waals surface area contributed by atoms with Crippen LogP contribution in [-0.2, 0) is 9.47 Å². The number of benzene rings is 2. The van der Waals surface area contributed by atoms with E-state index in [4.69, 9.17) is 9.47 Å². The number of carbonyl (C=O) groups is 2. The number of amides is 1. The molecule has 0 bridgehead atoms. The molecule has 3 rings (SSSR count). The standard InChI is InChI=1S/C23H28N4O4/c1-17-6-8-18(9-7-17)21(28)26-23(24-10-11-27-12-14-31-15-13-27)25-20-5-3-4-19(16-20)22(29)30-2/h3-9,16H,10-15H2,1-2H3,(H2,24,25,26,28). The smallest absolute Gasteiger partial charge is 0.337 e. The predicted molar refractivity (Wildman–Crippen MR) is 120 cm³/mol. The van der Waals surface area contributed by atoms with Crippen molar-refractivity contribution in [1.82, 2.24) is 10.2 Å². The summed E-state index contributed by atoms with van der Waals surface area (Å²) in [7, 11) is 1.34. The van der Waals surface area contributed by atoms with Gasteiger partial charge in [-0.1, -0.05) is 23.8 Å². The maximum absolute atomic E-state index is 12.7. The van der Waals surface area contributed by atoms with Gasteiger partial charge in [-0.15, -0.1) is 0 Å². The SMILES string of the molecule is COC(=O)c1cccc(NC(=NCCN2CCOCC2)NC(=O)c2ccc(C)cc2)c1. The maximum Gasteiger partial charge on any atom is 0.337 e. The molecule has 1 aliphatic heterocycles. The highest BCUT2D eigenvalue weighted by molar-refractivity contribution is 6.10. The van der Waals surface area contributed by atoms with E-state index in [-0.39, 0.29) is 5.91 Å². The van der Waals surface area contributed by atoms with E-state index in [1.54, 1.807) is 36.4 Å². The first-order valence-electron chi connectivity index (χ1n) is 10.2. The van der Waals surface area contributed by atoms with Gasteiger partial charge < -0.3 is 14.8 Å². The number of hydrogen-bond acceptors (Lipinski definition) is 6. The van der Waals surface area contributed by atoms with E-state index in [0.29, 0.717) is 29.3 Å². The van der Waals surface area contributed by atoms with Crippen molar-refractivity contribution in [3.05, 3.63) is 65.2 Å². The summed E-state index contributed by atoms with van der Waals surface area (Å²) in [6.07, 6.45) is 0. The lowest BCUT2D eigenvalue weighted by Crippen LogP contribution is -2.39. The van der Waals surface area contributed by atoms with E-state index in [0.717, 1.165) is 38.4 Å². The molecule has 1 saturated heterocycles. The summed E-state index contributed by atoms with van der Waals surface area (Å²) in [5.41, 5.74) is 2.65. The fraction of sp³-hybridized carbons (Fsp3) is 0.348. The fourth-order valence-corrected chi connectivity index (χ4v) is 3.10. The highest BCUT2D eigenvalue weighted by Gasteiger charge is 2.13. The largest absolute Gasteiger partial charge is 0.465 e. The molecule has 0 radical (unpaired) electrons. The summed E-state index contributed by atoms with van der Waals surface area (Å²) in [6, 6.07) is 14.2. The van der Waals surface area contributed by atoms with Gasteiger partial charge in [-0.25, -0.2) is 4.79 Å². The second-order valence-electron chi connectivity index (χ2n) is 7.20. The Kier molecular flexibility index (Phi) is 8.14. The van der Waals surface area contributed by atoms with E-state index >= 15 is 0 Å². The Balaban J connectivity index is 1.72. The number of rotatable bonds is 6. The molecule has 8 heteroatoms. The van der Waals surface area contributed by atoms with Crippen molar-refractivity contribution in [3.63, 3.8) is 0 Å². The van der Waals surface area contributed by atoms with E-state index in [1.807, 2.05) is 19.1 Å². The molecule has 1 amide bonds. The zero-order valence-corrected chi connectivity index (χ0v) is 17.9. The summed E-state index contributed by atoms with van der Waals surface area (Å²) >= 11 is 0. The van der Waals surface area contributed by atoms with Crippen molar-refractivity contribution in [2.75, 3.05) is 51.8 Å². The number of hydrogen-bond donors (Lipinski definition) is 2. The lowest BCUT2D eigenvalue weighted by atomic mass is 10.1. The van der Waals surface area contributed by atoms with Gasteiger partial charge in [0.05, 0.1) is 32.4 Å². The van der Waals surface area contributed by atoms with E-state index < -0.39 is 5.97 Å². The van der Waals surface area contributed by atoms with Gasteiger partial charge in [0.25, 0.3) is 5.91 Å². The van der Waals surface area contributed by atoms with Crippen LogP contribution in [0.4, 0.5) is 5.69 Å². The van der Waals surface area contributed by atoms with Gasteiger partial charge in [-0.05, 0) is 37.3 Å². The molecular weight excluding hydrogens is 396 g/mol. The van der Waals surface area contributed by atoms with Gasteiger partial charge in [-0.2, -0.15) is 0 Å². The number of esters is 1. The zero-order valence-electron chi connectivity index (χ0n) is 17.9. The van der Waals surface area contributed by atoms with Crippen molar-refractivity contribution in [2.24, 2.45) is 4.99 Å². The fourth-order valence-electron chi connectivity index (χ4n) is 3.10. The Morgan fingerprint density at radius 2 is 1.84 bits per heavy atom. The molecule has 2 aromatic rings. The summed E-state index contributed by atoms with van der Waals surface area (Å²) < 4.78 is 10.1. The summed E-state index contributed by atoms with van der Waals surface area (Å²) in [6.45, 7) is 6.42. The first-order chi connectivity index (χ1) is 15.0. The van der Waals surface area contributed by atoms with Crippen LogP contribution in [0.25, 0.3) is 0 Å².